The number of aromatic nitrogens is 4. The summed E-state index contributed by atoms with van der Waals surface area (Å²) in [6, 6.07) is 8.77. The maximum Gasteiger partial charge on any atom is 0.264 e. The van der Waals surface area contributed by atoms with E-state index in [2.05, 4.69) is 21.5 Å². The Morgan fingerprint density at radius 1 is 1.20 bits per heavy atom. The van der Waals surface area contributed by atoms with Crippen LogP contribution >= 0.6 is 0 Å². The zero-order valence-corrected chi connectivity index (χ0v) is 16.4. The SMILES string of the molecule is Cn1cc2cc(-c3cc(F)c4c(=O)n(C5CCNCC5)cnc4c3)cc(C#N)c2n1. The fourth-order valence-electron chi connectivity index (χ4n) is 4.23. The minimum absolute atomic E-state index is 0.00254. The first kappa shape index (κ1) is 18.5. The van der Waals surface area contributed by atoms with Crippen LogP contribution < -0.4 is 10.9 Å². The molecule has 2 aromatic heterocycles. The Morgan fingerprint density at radius 2 is 1.97 bits per heavy atom. The van der Waals surface area contributed by atoms with E-state index >= 15 is 4.39 Å². The molecule has 150 valence electrons. The predicted octanol–water partition coefficient (Wildman–Crippen LogP) is 2.89. The predicted molar refractivity (Wildman–Crippen MR) is 112 cm³/mol. The molecule has 0 saturated carbocycles. The van der Waals surface area contributed by atoms with Crippen molar-refractivity contribution in [2.75, 3.05) is 13.1 Å². The van der Waals surface area contributed by atoms with Crippen molar-refractivity contribution < 1.29 is 4.39 Å². The Balaban J connectivity index is 1.66. The second-order valence-electron chi connectivity index (χ2n) is 7.67. The second-order valence-corrected chi connectivity index (χ2v) is 7.67. The monoisotopic (exact) mass is 402 g/mol. The van der Waals surface area contributed by atoms with E-state index in [0.29, 0.717) is 27.7 Å². The highest BCUT2D eigenvalue weighted by atomic mass is 19.1. The Kier molecular flexibility index (Phi) is 4.33. The van der Waals surface area contributed by atoms with Gasteiger partial charge in [-0.2, -0.15) is 10.4 Å². The highest BCUT2D eigenvalue weighted by Gasteiger charge is 2.20. The summed E-state index contributed by atoms with van der Waals surface area (Å²) in [6.07, 6.45) is 4.96. The average molecular weight is 402 g/mol. The first-order valence-corrected chi connectivity index (χ1v) is 9.84. The lowest BCUT2D eigenvalue weighted by molar-refractivity contribution is 0.359. The van der Waals surface area contributed by atoms with Crippen LogP contribution in [0.3, 0.4) is 0 Å². The number of nitrogens with one attached hydrogen (secondary N) is 1. The van der Waals surface area contributed by atoms with Gasteiger partial charge in [-0.3, -0.25) is 14.0 Å². The maximum atomic E-state index is 15.1. The van der Waals surface area contributed by atoms with Crippen LogP contribution in [0.15, 0.2) is 41.6 Å². The molecule has 0 amide bonds. The molecule has 0 aliphatic carbocycles. The molecule has 4 aromatic rings. The molecule has 1 saturated heterocycles. The van der Waals surface area contributed by atoms with Gasteiger partial charge in [0, 0.05) is 24.7 Å². The Hall–Kier alpha value is -3.57. The maximum absolute atomic E-state index is 15.1. The number of halogens is 1. The normalized spacial score (nSPS) is 15.0. The van der Waals surface area contributed by atoms with Crippen LogP contribution in [0.5, 0.6) is 0 Å². The first-order valence-electron chi connectivity index (χ1n) is 9.84. The van der Waals surface area contributed by atoms with Crippen molar-refractivity contribution in [3.05, 3.63) is 58.5 Å². The van der Waals surface area contributed by atoms with Crippen LogP contribution in [-0.4, -0.2) is 32.4 Å². The molecule has 7 nitrogen and oxygen atoms in total. The number of benzene rings is 2. The van der Waals surface area contributed by atoms with E-state index in [0.717, 1.165) is 31.3 Å². The molecule has 0 radical (unpaired) electrons. The summed E-state index contributed by atoms with van der Waals surface area (Å²) in [5.41, 5.74) is 2.22. The average Bonchev–Trinajstić information content (AvgIpc) is 3.13. The fourth-order valence-corrected chi connectivity index (χ4v) is 4.23. The topological polar surface area (TPSA) is 88.5 Å². The summed E-state index contributed by atoms with van der Waals surface area (Å²) in [6.45, 7) is 1.66. The third-order valence-corrected chi connectivity index (χ3v) is 5.72. The highest BCUT2D eigenvalue weighted by Crippen LogP contribution is 2.30. The number of aryl methyl sites for hydroxylation is 1. The van der Waals surface area contributed by atoms with Crippen molar-refractivity contribution in [1.82, 2.24) is 24.6 Å². The molecule has 0 spiro atoms. The highest BCUT2D eigenvalue weighted by molar-refractivity contribution is 5.91. The number of fused-ring (bicyclic) bond motifs is 2. The molecule has 2 aromatic carbocycles. The number of piperidine rings is 1. The summed E-state index contributed by atoms with van der Waals surface area (Å²) in [7, 11) is 1.79. The number of hydrogen-bond donors (Lipinski definition) is 1. The van der Waals surface area contributed by atoms with Gasteiger partial charge >= 0.3 is 0 Å². The lowest BCUT2D eigenvalue weighted by Crippen LogP contribution is -2.34. The van der Waals surface area contributed by atoms with Crippen LogP contribution in [0.25, 0.3) is 32.9 Å². The van der Waals surface area contributed by atoms with Gasteiger partial charge in [0.15, 0.2) is 0 Å². The fraction of sp³-hybridized carbons (Fsp3) is 0.273. The Morgan fingerprint density at radius 3 is 2.73 bits per heavy atom. The van der Waals surface area contributed by atoms with Crippen LogP contribution in [0.4, 0.5) is 4.39 Å². The van der Waals surface area contributed by atoms with Gasteiger partial charge in [-0.15, -0.1) is 0 Å². The Bertz CT molecular complexity index is 1390. The molecular weight excluding hydrogens is 383 g/mol. The van der Waals surface area contributed by atoms with Crippen LogP contribution in [0, 0.1) is 17.1 Å². The van der Waals surface area contributed by atoms with E-state index in [9.17, 15) is 10.1 Å². The molecule has 30 heavy (non-hydrogen) atoms. The summed E-state index contributed by atoms with van der Waals surface area (Å²) >= 11 is 0. The quantitative estimate of drug-likeness (QED) is 0.557. The molecule has 1 aliphatic heterocycles. The molecule has 0 unspecified atom stereocenters. The third kappa shape index (κ3) is 2.95. The van der Waals surface area contributed by atoms with Gasteiger partial charge in [0.2, 0.25) is 0 Å². The van der Waals surface area contributed by atoms with Gasteiger partial charge in [0.05, 0.1) is 17.4 Å². The van der Waals surface area contributed by atoms with Crippen LogP contribution in [0.1, 0.15) is 24.4 Å². The van der Waals surface area contributed by atoms with Crippen LogP contribution in [-0.2, 0) is 7.05 Å². The third-order valence-electron chi connectivity index (χ3n) is 5.72. The Labute approximate surface area is 171 Å². The molecule has 3 heterocycles. The molecule has 1 aliphatic rings. The van der Waals surface area contributed by atoms with E-state index in [1.165, 1.54) is 12.4 Å². The number of nitriles is 1. The summed E-state index contributed by atoms with van der Waals surface area (Å²) in [4.78, 5) is 17.4. The lowest BCUT2D eigenvalue weighted by Gasteiger charge is -2.24. The van der Waals surface area contributed by atoms with Gasteiger partial charge in [0.1, 0.15) is 22.8 Å². The second kappa shape index (κ2) is 7.04. The standard InChI is InChI=1S/C22H19FN6O/c1-28-11-16-7-13(6-15(10-24)21(16)27-28)14-8-18(23)20-19(9-14)26-12-29(22(20)30)17-2-4-25-5-3-17/h6-9,11-12,17,25H,2-5H2,1H3. The van der Waals surface area contributed by atoms with E-state index in [1.54, 1.807) is 28.4 Å². The summed E-state index contributed by atoms with van der Waals surface area (Å²) < 4.78 is 18.3. The van der Waals surface area contributed by atoms with Crippen LogP contribution in [0.2, 0.25) is 0 Å². The lowest BCUT2D eigenvalue weighted by atomic mass is 9.99. The molecule has 0 atom stereocenters. The molecule has 5 rings (SSSR count). The number of hydrogen-bond acceptors (Lipinski definition) is 5. The molecule has 8 heteroatoms. The van der Waals surface area contributed by atoms with Gasteiger partial charge in [-0.1, -0.05) is 0 Å². The minimum atomic E-state index is -0.604. The van der Waals surface area contributed by atoms with Crippen molar-refractivity contribution in [3.63, 3.8) is 0 Å². The summed E-state index contributed by atoms with van der Waals surface area (Å²) in [5, 5.41) is 17.9. The molecule has 1 N–H and O–H groups in total. The van der Waals surface area contributed by atoms with Crippen molar-refractivity contribution in [3.8, 4) is 17.2 Å². The van der Waals surface area contributed by atoms with Crippen molar-refractivity contribution in [2.45, 2.75) is 18.9 Å². The summed E-state index contributed by atoms with van der Waals surface area (Å²) in [5.74, 6) is -0.604. The smallest absolute Gasteiger partial charge is 0.264 e. The van der Waals surface area contributed by atoms with Gasteiger partial charge < -0.3 is 5.32 Å². The van der Waals surface area contributed by atoms with Crippen molar-refractivity contribution >= 4 is 21.8 Å². The van der Waals surface area contributed by atoms with Crippen molar-refractivity contribution in [1.29, 1.82) is 5.26 Å². The van der Waals surface area contributed by atoms with E-state index < -0.39 is 5.82 Å². The first-order chi connectivity index (χ1) is 14.5. The van der Waals surface area contributed by atoms with Gasteiger partial charge in [-0.05, 0) is 61.3 Å². The van der Waals surface area contributed by atoms with Gasteiger partial charge in [0.25, 0.3) is 5.56 Å². The zero-order chi connectivity index (χ0) is 20.8. The molecular formula is C22H19FN6O. The van der Waals surface area contributed by atoms with E-state index in [4.69, 9.17) is 0 Å². The molecule has 1 fully saturated rings. The van der Waals surface area contributed by atoms with Crippen molar-refractivity contribution in [2.24, 2.45) is 7.05 Å². The van der Waals surface area contributed by atoms with E-state index in [-0.39, 0.29) is 17.0 Å². The largest absolute Gasteiger partial charge is 0.317 e. The molecule has 0 bridgehead atoms. The minimum Gasteiger partial charge on any atom is -0.317 e. The van der Waals surface area contributed by atoms with Gasteiger partial charge in [-0.25, -0.2) is 9.37 Å². The number of rotatable bonds is 2. The number of nitrogens with zero attached hydrogens (tertiary/aromatic N) is 5. The zero-order valence-electron chi connectivity index (χ0n) is 16.4. The van der Waals surface area contributed by atoms with E-state index in [1.807, 2.05) is 12.3 Å².